The molecule has 0 atom stereocenters. The second kappa shape index (κ2) is 5.81. The van der Waals surface area contributed by atoms with Crippen molar-refractivity contribution in [3.05, 3.63) is 29.3 Å². The largest absolute Gasteiger partial charge is 0.376 e. The van der Waals surface area contributed by atoms with Gasteiger partial charge < -0.3 is 4.89 Å². The van der Waals surface area contributed by atoms with Gasteiger partial charge in [0.1, 0.15) is 11.2 Å². The number of hydrogen-bond donors (Lipinski definition) is 1. The van der Waals surface area contributed by atoms with Gasteiger partial charge >= 0.3 is 5.97 Å². The van der Waals surface area contributed by atoms with Crippen molar-refractivity contribution >= 4 is 5.97 Å². The fourth-order valence-corrected chi connectivity index (χ4v) is 1.45. The lowest BCUT2D eigenvalue weighted by atomic mass is 9.86. The third-order valence-electron chi connectivity index (χ3n) is 2.53. The Hall–Kier alpha value is -1.59. The Kier molecular flexibility index (Phi) is 4.78. The predicted molar refractivity (Wildman–Crippen MR) is 74.7 cm³/mol. The maximum atomic E-state index is 11.6. The van der Waals surface area contributed by atoms with E-state index in [2.05, 4.69) is 4.89 Å². The van der Waals surface area contributed by atoms with Gasteiger partial charge in [-0.1, -0.05) is 26.8 Å². The number of carbonyl (C=O) groups excluding carboxylic acids is 1. The summed E-state index contributed by atoms with van der Waals surface area (Å²) in [6.07, 6.45) is 0. The molecule has 0 saturated carbocycles. The molecule has 0 aliphatic heterocycles. The third-order valence-corrected chi connectivity index (χ3v) is 2.53. The van der Waals surface area contributed by atoms with Crippen LogP contribution >= 0.6 is 0 Å². The van der Waals surface area contributed by atoms with E-state index in [9.17, 15) is 4.79 Å². The Bertz CT molecular complexity index is 480. The first-order valence-corrected chi connectivity index (χ1v) is 6.40. The molecule has 0 aromatic heterocycles. The Morgan fingerprint density at radius 1 is 1.10 bits per heavy atom. The average molecular weight is 282 g/mol. The average Bonchev–Trinajstić information content (AvgIpc) is 2.33. The van der Waals surface area contributed by atoms with Crippen LogP contribution in [0, 0.1) is 0 Å². The van der Waals surface area contributed by atoms with Crippen LogP contribution < -0.4 is 4.89 Å². The lowest BCUT2D eigenvalue weighted by Crippen LogP contribution is -2.22. The van der Waals surface area contributed by atoms with Crippen molar-refractivity contribution in [3.63, 3.8) is 0 Å². The van der Waals surface area contributed by atoms with Gasteiger partial charge in [0.25, 0.3) is 0 Å². The van der Waals surface area contributed by atoms with Crippen LogP contribution in [0.5, 0.6) is 5.75 Å². The topological polar surface area (TPSA) is 65.0 Å². The van der Waals surface area contributed by atoms with Crippen LogP contribution in [0.25, 0.3) is 0 Å². The van der Waals surface area contributed by atoms with Gasteiger partial charge in [-0.25, -0.2) is 4.79 Å². The van der Waals surface area contributed by atoms with Gasteiger partial charge in [0.05, 0.1) is 0 Å². The highest BCUT2D eigenvalue weighted by molar-refractivity contribution is 5.92. The molecule has 0 radical (unpaired) electrons. The molecule has 1 rings (SSSR count). The molecule has 1 aromatic rings. The standard InChI is InChI=1S/C15H22O5/c1-14(2,3)10-7-8-12(19-20-15(4,5)6)11(9-10)13(16)18-17/h7-9,17H,1-6H3. The van der Waals surface area contributed by atoms with Crippen LogP contribution in [0.15, 0.2) is 18.2 Å². The summed E-state index contributed by atoms with van der Waals surface area (Å²) in [7, 11) is 0. The molecule has 5 nitrogen and oxygen atoms in total. The van der Waals surface area contributed by atoms with Gasteiger partial charge in [-0.05, 0) is 43.9 Å². The van der Waals surface area contributed by atoms with Crippen molar-refractivity contribution in [3.8, 4) is 5.75 Å². The van der Waals surface area contributed by atoms with E-state index < -0.39 is 11.6 Å². The Morgan fingerprint density at radius 3 is 2.15 bits per heavy atom. The van der Waals surface area contributed by atoms with E-state index >= 15 is 0 Å². The van der Waals surface area contributed by atoms with E-state index in [-0.39, 0.29) is 16.7 Å². The molecule has 0 spiro atoms. The van der Waals surface area contributed by atoms with Gasteiger partial charge in [-0.3, -0.25) is 4.89 Å². The summed E-state index contributed by atoms with van der Waals surface area (Å²) in [4.78, 5) is 25.8. The van der Waals surface area contributed by atoms with E-state index in [4.69, 9.17) is 15.0 Å². The monoisotopic (exact) mass is 282 g/mol. The van der Waals surface area contributed by atoms with Gasteiger partial charge in [0, 0.05) is 0 Å². The molecule has 1 aromatic carbocycles. The van der Waals surface area contributed by atoms with Crippen LogP contribution in [0.4, 0.5) is 0 Å². The Morgan fingerprint density at radius 2 is 1.70 bits per heavy atom. The molecule has 0 saturated heterocycles. The molecule has 0 aliphatic rings. The minimum absolute atomic E-state index is 0.115. The van der Waals surface area contributed by atoms with Crippen molar-refractivity contribution in [2.45, 2.75) is 52.6 Å². The molecule has 20 heavy (non-hydrogen) atoms. The molecule has 0 amide bonds. The first-order valence-electron chi connectivity index (χ1n) is 6.40. The first kappa shape index (κ1) is 16.5. The van der Waals surface area contributed by atoms with E-state index in [1.807, 2.05) is 47.6 Å². The Balaban J connectivity index is 3.14. The van der Waals surface area contributed by atoms with E-state index in [1.165, 1.54) is 0 Å². The molecule has 0 fully saturated rings. The smallest absolute Gasteiger partial charge is 0.336 e. The summed E-state index contributed by atoms with van der Waals surface area (Å²) in [5, 5.41) is 8.59. The highest BCUT2D eigenvalue weighted by atomic mass is 17.2. The van der Waals surface area contributed by atoms with E-state index in [0.717, 1.165) is 5.56 Å². The van der Waals surface area contributed by atoms with Crippen LogP contribution in [0.3, 0.4) is 0 Å². The zero-order valence-electron chi connectivity index (χ0n) is 12.8. The van der Waals surface area contributed by atoms with Crippen LogP contribution in [-0.4, -0.2) is 16.8 Å². The normalized spacial score (nSPS) is 12.2. The predicted octanol–water partition coefficient (Wildman–Crippen LogP) is 3.72. The van der Waals surface area contributed by atoms with Crippen LogP contribution in [0.1, 0.15) is 57.5 Å². The van der Waals surface area contributed by atoms with Gasteiger partial charge in [-0.2, -0.15) is 10.1 Å². The van der Waals surface area contributed by atoms with Crippen molar-refractivity contribution in [1.29, 1.82) is 0 Å². The molecule has 1 N–H and O–H groups in total. The minimum Gasteiger partial charge on any atom is -0.336 e. The van der Waals surface area contributed by atoms with E-state index in [0.29, 0.717) is 0 Å². The fraction of sp³-hybridized carbons (Fsp3) is 0.533. The summed E-state index contributed by atoms with van der Waals surface area (Å²) >= 11 is 0. The third kappa shape index (κ3) is 4.51. The number of carbonyl (C=O) groups is 1. The van der Waals surface area contributed by atoms with Crippen molar-refractivity contribution < 1.29 is 24.7 Å². The lowest BCUT2D eigenvalue weighted by Gasteiger charge is -2.22. The first-order chi connectivity index (χ1) is 9.04. The fourth-order valence-electron chi connectivity index (χ4n) is 1.45. The highest BCUT2D eigenvalue weighted by Gasteiger charge is 2.22. The second-order valence-electron chi connectivity index (χ2n) is 6.62. The number of benzene rings is 1. The summed E-state index contributed by atoms with van der Waals surface area (Å²) in [5.41, 5.74) is 0.363. The molecular weight excluding hydrogens is 260 g/mol. The maximum Gasteiger partial charge on any atom is 0.376 e. The molecule has 0 heterocycles. The lowest BCUT2D eigenvalue weighted by molar-refractivity contribution is -0.275. The Labute approximate surface area is 119 Å². The van der Waals surface area contributed by atoms with Crippen molar-refractivity contribution in [1.82, 2.24) is 0 Å². The summed E-state index contributed by atoms with van der Waals surface area (Å²) < 4.78 is 0. The summed E-state index contributed by atoms with van der Waals surface area (Å²) in [6.45, 7) is 11.5. The molecule has 0 aliphatic carbocycles. The van der Waals surface area contributed by atoms with Crippen LogP contribution in [0.2, 0.25) is 0 Å². The van der Waals surface area contributed by atoms with Gasteiger partial charge in [0.15, 0.2) is 5.75 Å². The van der Waals surface area contributed by atoms with Gasteiger partial charge in [0.2, 0.25) is 0 Å². The number of rotatable bonds is 3. The molecule has 0 bridgehead atoms. The quantitative estimate of drug-likeness (QED) is 0.676. The van der Waals surface area contributed by atoms with Gasteiger partial charge in [-0.15, -0.1) is 0 Å². The minimum atomic E-state index is -0.886. The zero-order valence-corrected chi connectivity index (χ0v) is 12.8. The summed E-state index contributed by atoms with van der Waals surface area (Å²) in [5.74, 6) is -0.685. The molecular formula is C15H22O5. The molecule has 0 unspecified atom stereocenters. The maximum absolute atomic E-state index is 11.6. The van der Waals surface area contributed by atoms with Crippen LogP contribution in [-0.2, 0) is 15.2 Å². The molecule has 112 valence electrons. The zero-order chi connectivity index (χ0) is 15.6. The van der Waals surface area contributed by atoms with Crippen molar-refractivity contribution in [2.75, 3.05) is 0 Å². The number of hydrogen-bond acceptors (Lipinski definition) is 5. The molecule has 5 heteroatoms. The second-order valence-corrected chi connectivity index (χ2v) is 6.62. The van der Waals surface area contributed by atoms with E-state index in [1.54, 1.807) is 12.1 Å². The highest BCUT2D eigenvalue weighted by Crippen LogP contribution is 2.29. The summed E-state index contributed by atoms with van der Waals surface area (Å²) in [6, 6.07) is 5.09. The van der Waals surface area contributed by atoms with Crippen molar-refractivity contribution in [2.24, 2.45) is 0 Å². The SMILES string of the molecule is CC(C)(C)OOc1ccc(C(C)(C)C)cc1C(=O)OO.